The number of amides is 1. The monoisotopic (exact) mass is 262 g/mol. The van der Waals surface area contributed by atoms with Gasteiger partial charge < -0.3 is 9.64 Å². The number of halogens is 2. The average Bonchev–Trinajstić information content (AvgIpc) is 2.18. The molecular weight excluding hydrogens is 246 g/mol. The van der Waals surface area contributed by atoms with E-state index in [1.165, 1.54) is 0 Å². The topological polar surface area (TPSA) is 78.3 Å². The van der Waals surface area contributed by atoms with Crippen LogP contribution in [0.25, 0.3) is 10.4 Å². The van der Waals surface area contributed by atoms with Crippen LogP contribution in [0.4, 0.5) is 13.6 Å². The van der Waals surface area contributed by atoms with Gasteiger partial charge in [0.15, 0.2) is 0 Å². The van der Waals surface area contributed by atoms with Crippen molar-refractivity contribution in [3.8, 4) is 0 Å². The van der Waals surface area contributed by atoms with Crippen molar-refractivity contribution in [3.05, 3.63) is 10.4 Å². The molecule has 1 fully saturated rings. The van der Waals surface area contributed by atoms with Gasteiger partial charge in [-0.05, 0) is 26.3 Å². The summed E-state index contributed by atoms with van der Waals surface area (Å²) in [5, 5.41) is 3.05. The van der Waals surface area contributed by atoms with E-state index in [0.29, 0.717) is 0 Å². The number of hydrogen-bond acceptors (Lipinski definition) is 3. The summed E-state index contributed by atoms with van der Waals surface area (Å²) >= 11 is 0. The maximum atomic E-state index is 13.4. The van der Waals surface area contributed by atoms with Gasteiger partial charge in [0.1, 0.15) is 11.6 Å². The van der Waals surface area contributed by atoms with Crippen LogP contribution < -0.4 is 0 Å². The van der Waals surface area contributed by atoms with E-state index in [4.69, 9.17) is 10.3 Å². The number of carbonyl (C=O) groups is 1. The third-order valence-electron chi connectivity index (χ3n) is 2.44. The number of rotatable bonds is 1. The first-order valence-electron chi connectivity index (χ1n) is 5.56. The summed E-state index contributed by atoms with van der Waals surface area (Å²) in [7, 11) is 0. The van der Waals surface area contributed by atoms with Crippen molar-refractivity contribution in [1.82, 2.24) is 4.90 Å². The molecule has 1 aliphatic heterocycles. The fraction of sp³-hybridized carbons (Fsp3) is 0.900. The lowest BCUT2D eigenvalue weighted by molar-refractivity contribution is -0.0738. The van der Waals surface area contributed by atoms with E-state index in [1.54, 1.807) is 20.8 Å². The number of carbonyl (C=O) groups excluding carboxylic acids is 1. The molecule has 0 aromatic rings. The van der Waals surface area contributed by atoms with Gasteiger partial charge in [0.05, 0.1) is 0 Å². The SMILES string of the molecule is CC(C)(C)OC(=O)N1CCC(F)(F)C(N=[N+]=[N-])C1. The molecule has 0 saturated carbocycles. The van der Waals surface area contributed by atoms with Gasteiger partial charge in [0, 0.05) is 24.4 Å². The Hall–Kier alpha value is -1.56. The van der Waals surface area contributed by atoms with Crippen LogP contribution in [0.2, 0.25) is 0 Å². The first kappa shape index (κ1) is 14.5. The molecular formula is C10H16F2N4O2. The molecule has 0 aromatic heterocycles. The first-order valence-corrected chi connectivity index (χ1v) is 5.56. The fourth-order valence-corrected chi connectivity index (χ4v) is 1.56. The second-order valence-electron chi connectivity index (χ2n) is 5.16. The molecule has 102 valence electrons. The highest BCUT2D eigenvalue weighted by Crippen LogP contribution is 2.31. The molecule has 8 heteroatoms. The van der Waals surface area contributed by atoms with E-state index in [0.717, 1.165) is 4.90 Å². The number of hydrogen-bond donors (Lipinski definition) is 0. The lowest BCUT2D eigenvalue weighted by Crippen LogP contribution is -2.52. The molecule has 1 saturated heterocycles. The van der Waals surface area contributed by atoms with Crippen molar-refractivity contribution >= 4 is 6.09 Å². The summed E-state index contributed by atoms with van der Waals surface area (Å²) in [5.41, 5.74) is 7.56. The molecule has 0 aromatic carbocycles. The zero-order valence-electron chi connectivity index (χ0n) is 10.6. The van der Waals surface area contributed by atoms with Gasteiger partial charge >= 0.3 is 6.09 Å². The van der Waals surface area contributed by atoms with Crippen LogP contribution in [0, 0.1) is 0 Å². The maximum Gasteiger partial charge on any atom is 0.410 e. The number of alkyl halides is 2. The van der Waals surface area contributed by atoms with Crippen molar-refractivity contribution in [2.45, 2.75) is 44.8 Å². The Morgan fingerprint density at radius 2 is 2.17 bits per heavy atom. The minimum Gasteiger partial charge on any atom is -0.444 e. The van der Waals surface area contributed by atoms with Crippen LogP contribution in [0.3, 0.4) is 0 Å². The zero-order chi connectivity index (χ0) is 14.0. The van der Waals surface area contributed by atoms with Crippen molar-refractivity contribution < 1.29 is 18.3 Å². The van der Waals surface area contributed by atoms with Gasteiger partial charge in [-0.2, -0.15) is 0 Å². The normalized spacial score (nSPS) is 23.2. The highest BCUT2D eigenvalue weighted by atomic mass is 19.3. The molecule has 6 nitrogen and oxygen atoms in total. The van der Waals surface area contributed by atoms with Crippen molar-refractivity contribution in [2.24, 2.45) is 5.11 Å². The lowest BCUT2D eigenvalue weighted by atomic mass is 10.0. The first-order chi connectivity index (χ1) is 8.15. The molecule has 1 rings (SSSR count). The molecule has 1 unspecified atom stereocenters. The molecule has 1 atom stereocenters. The average molecular weight is 262 g/mol. The van der Waals surface area contributed by atoms with Crippen LogP contribution in [0.1, 0.15) is 27.2 Å². The highest BCUT2D eigenvalue weighted by molar-refractivity contribution is 5.68. The van der Waals surface area contributed by atoms with E-state index in [9.17, 15) is 13.6 Å². The number of piperidine rings is 1. The lowest BCUT2D eigenvalue weighted by Gasteiger charge is -2.36. The molecule has 1 amide bonds. The van der Waals surface area contributed by atoms with Crippen LogP contribution in [0.15, 0.2) is 5.11 Å². The molecule has 0 N–H and O–H groups in total. The molecule has 0 spiro atoms. The Balaban J connectivity index is 2.72. The molecule has 0 radical (unpaired) electrons. The van der Waals surface area contributed by atoms with Gasteiger partial charge in [-0.1, -0.05) is 5.11 Å². The number of likely N-dealkylation sites (tertiary alicyclic amines) is 1. The van der Waals surface area contributed by atoms with Crippen LogP contribution in [-0.2, 0) is 4.74 Å². The Labute approximate surface area is 104 Å². The van der Waals surface area contributed by atoms with Gasteiger partial charge in [0.2, 0.25) is 0 Å². The molecule has 1 aliphatic rings. The maximum absolute atomic E-state index is 13.4. The Morgan fingerprint density at radius 3 is 2.67 bits per heavy atom. The largest absolute Gasteiger partial charge is 0.444 e. The number of azide groups is 1. The summed E-state index contributed by atoms with van der Waals surface area (Å²) in [6.07, 6.45) is -1.20. The minimum atomic E-state index is -3.08. The number of nitrogens with zero attached hydrogens (tertiary/aromatic N) is 4. The summed E-state index contributed by atoms with van der Waals surface area (Å²) in [5.74, 6) is -3.08. The van der Waals surface area contributed by atoms with Crippen molar-refractivity contribution in [2.75, 3.05) is 13.1 Å². The van der Waals surface area contributed by atoms with Crippen molar-refractivity contribution in [1.29, 1.82) is 0 Å². The molecule has 1 heterocycles. The van der Waals surface area contributed by atoms with E-state index in [-0.39, 0.29) is 13.1 Å². The van der Waals surface area contributed by atoms with E-state index < -0.39 is 30.1 Å². The second-order valence-corrected chi connectivity index (χ2v) is 5.16. The fourth-order valence-electron chi connectivity index (χ4n) is 1.56. The summed E-state index contributed by atoms with van der Waals surface area (Å²) in [4.78, 5) is 15.2. The highest BCUT2D eigenvalue weighted by Gasteiger charge is 2.45. The molecule has 0 bridgehead atoms. The van der Waals surface area contributed by atoms with E-state index in [2.05, 4.69) is 10.0 Å². The predicted octanol–water partition coefficient (Wildman–Crippen LogP) is 2.94. The third-order valence-corrected chi connectivity index (χ3v) is 2.44. The zero-order valence-corrected chi connectivity index (χ0v) is 10.6. The minimum absolute atomic E-state index is 0.112. The van der Waals surface area contributed by atoms with E-state index in [1.807, 2.05) is 0 Å². The summed E-state index contributed by atoms with van der Waals surface area (Å²) < 4.78 is 31.9. The Bertz CT molecular complexity index is 375. The van der Waals surface area contributed by atoms with Gasteiger partial charge in [-0.15, -0.1) is 0 Å². The smallest absolute Gasteiger partial charge is 0.410 e. The van der Waals surface area contributed by atoms with Crippen LogP contribution in [-0.4, -0.2) is 41.6 Å². The second kappa shape index (κ2) is 4.97. The third kappa shape index (κ3) is 3.73. The Kier molecular flexibility index (Phi) is 4.01. The Morgan fingerprint density at radius 1 is 1.56 bits per heavy atom. The van der Waals surface area contributed by atoms with E-state index >= 15 is 0 Å². The van der Waals surface area contributed by atoms with Gasteiger partial charge in [0.25, 0.3) is 5.92 Å². The van der Waals surface area contributed by atoms with Crippen LogP contribution >= 0.6 is 0 Å². The molecule has 18 heavy (non-hydrogen) atoms. The summed E-state index contributed by atoms with van der Waals surface area (Å²) in [6.45, 7) is 4.63. The summed E-state index contributed by atoms with van der Waals surface area (Å²) in [6, 6.07) is -1.54. The number of ether oxygens (including phenoxy) is 1. The quantitative estimate of drug-likeness (QED) is 0.413. The van der Waals surface area contributed by atoms with Gasteiger partial charge in [-0.3, -0.25) is 0 Å². The van der Waals surface area contributed by atoms with Crippen LogP contribution in [0.5, 0.6) is 0 Å². The standard InChI is InChI=1S/C10H16F2N4O2/c1-9(2,3)18-8(17)16-5-4-10(11,12)7(6-16)14-15-13/h7H,4-6H2,1-3H3. The van der Waals surface area contributed by atoms with Crippen molar-refractivity contribution in [3.63, 3.8) is 0 Å². The molecule has 0 aliphatic carbocycles. The van der Waals surface area contributed by atoms with Gasteiger partial charge in [-0.25, -0.2) is 13.6 Å². The predicted molar refractivity (Wildman–Crippen MR) is 60.3 cm³/mol.